The summed E-state index contributed by atoms with van der Waals surface area (Å²) in [5.41, 5.74) is 5.92. The number of ether oxygens (including phenoxy) is 1. The smallest absolute Gasteiger partial charge is 0.333 e. The van der Waals surface area contributed by atoms with Crippen molar-refractivity contribution in [1.29, 1.82) is 0 Å². The molecule has 0 radical (unpaired) electrons. The van der Waals surface area contributed by atoms with E-state index in [1.54, 1.807) is 48.5 Å². The third-order valence-electron chi connectivity index (χ3n) is 4.67. The Balaban J connectivity index is 1.96. The fourth-order valence-electron chi connectivity index (χ4n) is 3.11. The molecule has 0 saturated heterocycles. The highest BCUT2D eigenvalue weighted by Gasteiger charge is 2.28. The summed E-state index contributed by atoms with van der Waals surface area (Å²) in [6.45, 7) is -2.99. The maximum absolute atomic E-state index is 13.3. The van der Waals surface area contributed by atoms with Gasteiger partial charge in [0.05, 0.1) is 12.7 Å². The molecule has 1 heterocycles. The standard InChI is InChI=1S/C22H20F2N4O4/c1-32-15-9-5-8-14(11-15)18-16(12-28(27-18)22(23)24)21(31)26-17(19(29)20(25)30)10-13-6-3-2-4-7-13/h2-9,11-12,17,22H,10H2,1H3,(H2,25,30)(H,26,31). The molecule has 0 bridgehead atoms. The minimum Gasteiger partial charge on any atom is -0.497 e. The molecule has 3 N–H and O–H groups in total. The second-order valence-electron chi connectivity index (χ2n) is 6.83. The minimum absolute atomic E-state index is 0.00810. The summed E-state index contributed by atoms with van der Waals surface area (Å²) in [5, 5.41) is 6.26. The van der Waals surface area contributed by atoms with Crippen LogP contribution in [0, 0.1) is 0 Å². The van der Waals surface area contributed by atoms with E-state index in [9.17, 15) is 23.2 Å². The molecule has 3 rings (SSSR count). The van der Waals surface area contributed by atoms with Gasteiger partial charge in [-0.05, 0) is 17.7 Å². The van der Waals surface area contributed by atoms with Crippen LogP contribution in [0.3, 0.4) is 0 Å². The normalized spacial score (nSPS) is 11.8. The lowest BCUT2D eigenvalue weighted by molar-refractivity contribution is -0.137. The van der Waals surface area contributed by atoms with Crippen LogP contribution >= 0.6 is 0 Å². The van der Waals surface area contributed by atoms with Gasteiger partial charge in [-0.2, -0.15) is 13.9 Å². The predicted octanol–water partition coefficient (Wildman–Crippen LogP) is 2.35. The molecule has 166 valence electrons. The summed E-state index contributed by atoms with van der Waals surface area (Å²) in [6.07, 6.45) is 0.870. The Morgan fingerprint density at radius 1 is 1.12 bits per heavy atom. The summed E-state index contributed by atoms with van der Waals surface area (Å²) in [5.74, 6) is -2.65. The van der Waals surface area contributed by atoms with Gasteiger partial charge >= 0.3 is 6.55 Å². The summed E-state index contributed by atoms with van der Waals surface area (Å²) in [6, 6.07) is 13.8. The van der Waals surface area contributed by atoms with Crippen molar-refractivity contribution in [3.8, 4) is 17.0 Å². The number of rotatable bonds is 9. The summed E-state index contributed by atoms with van der Waals surface area (Å²) in [7, 11) is 1.44. The minimum atomic E-state index is -2.99. The van der Waals surface area contributed by atoms with Crippen LogP contribution in [0.15, 0.2) is 60.8 Å². The number of benzene rings is 2. The van der Waals surface area contributed by atoms with Crippen LogP contribution in [0.1, 0.15) is 22.5 Å². The predicted molar refractivity (Wildman–Crippen MR) is 111 cm³/mol. The first kappa shape index (κ1) is 22.6. The van der Waals surface area contributed by atoms with Crippen LogP contribution in [-0.4, -0.2) is 40.5 Å². The van der Waals surface area contributed by atoms with Gasteiger partial charge in [0.2, 0.25) is 5.78 Å². The van der Waals surface area contributed by atoms with Gasteiger partial charge in [0.1, 0.15) is 17.5 Å². The lowest BCUT2D eigenvalue weighted by Crippen LogP contribution is -2.47. The van der Waals surface area contributed by atoms with Crippen molar-refractivity contribution in [1.82, 2.24) is 15.1 Å². The topological polar surface area (TPSA) is 116 Å². The first-order valence-corrected chi connectivity index (χ1v) is 9.50. The molecule has 3 aromatic rings. The van der Waals surface area contributed by atoms with Crippen LogP contribution in [0.4, 0.5) is 8.78 Å². The number of ketones is 1. The second kappa shape index (κ2) is 9.82. The van der Waals surface area contributed by atoms with Gasteiger partial charge in [0.25, 0.3) is 11.8 Å². The first-order valence-electron chi connectivity index (χ1n) is 9.50. The fraction of sp³-hybridized carbons (Fsp3) is 0.182. The number of aromatic nitrogens is 2. The van der Waals surface area contributed by atoms with Gasteiger partial charge < -0.3 is 15.8 Å². The van der Waals surface area contributed by atoms with E-state index >= 15 is 0 Å². The highest BCUT2D eigenvalue weighted by molar-refractivity contribution is 6.38. The Hall–Kier alpha value is -4.08. The van der Waals surface area contributed by atoms with E-state index in [1.807, 2.05) is 0 Å². The largest absolute Gasteiger partial charge is 0.497 e. The number of nitrogens with zero attached hydrogens (tertiary/aromatic N) is 2. The molecule has 8 nitrogen and oxygen atoms in total. The first-order chi connectivity index (χ1) is 15.3. The molecule has 0 aliphatic heterocycles. The number of nitrogens with two attached hydrogens (primary N) is 1. The van der Waals surface area contributed by atoms with E-state index < -0.39 is 30.2 Å². The van der Waals surface area contributed by atoms with E-state index in [1.165, 1.54) is 13.2 Å². The molecule has 2 amide bonds. The number of carbonyl (C=O) groups excluding carboxylic acids is 3. The molecular formula is C22H20F2N4O4. The summed E-state index contributed by atoms with van der Waals surface area (Å²) < 4.78 is 32.1. The maximum Gasteiger partial charge on any atom is 0.333 e. The van der Waals surface area contributed by atoms with Gasteiger partial charge in [-0.25, -0.2) is 4.68 Å². The zero-order valence-electron chi connectivity index (χ0n) is 17.0. The van der Waals surface area contributed by atoms with Crippen LogP contribution in [0.5, 0.6) is 5.75 Å². The number of halogens is 2. The number of hydrogen-bond donors (Lipinski definition) is 2. The molecule has 0 aliphatic rings. The Morgan fingerprint density at radius 2 is 1.84 bits per heavy atom. The molecule has 0 saturated carbocycles. The van der Waals surface area contributed by atoms with Crippen molar-refractivity contribution in [2.24, 2.45) is 5.73 Å². The SMILES string of the molecule is COc1cccc(-c2nn(C(F)F)cc2C(=O)NC(Cc2ccccc2)C(=O)C(N)=O)c1. The number of hydrogen-bond acceptors (Lipinski definition) is 5. The van der Waals surface area contributed by atoms with Gasteiger partial charge in [-0.15, -0.1) is 0 Å². The molecule has 1 aromatic heterocycles. The van der Waals surface area contributed by atoms with E-state index in [0.717, 1.165) is 6.20 Å². The number of methoxy groups -OCH3 is 1. The van der Waals surface area contributed by atoms with Crippen molar-refractivity contribution in [2.75, 3.05) is 7.11 Å². The van der Waals surface area contributed by atoms with Gasteiger partial charge in [-0.3, -0.25) is 14.4 Å². The van der Waals surface area contributed by atoms with E-state index in [0.29, 0.717) is 21.6 Å². The van der Waals surface area contributed by atoms with Crippen LogP contribution < -0.4 is 15.8 Å². The zero-order valence-corrected chi connectivity index (χ0v) is 17.0. The van der Waals surface area contributed by atoms with Crippen molar-refractivity contribution in [3.05, 3.63) is 71.9 Å². The Bertz CT molecular complexity index is 1130. The van der Waals surface area contributed by atoms with E-state index in [4.69, 9.17) is 10.5 Å². The van der Waals surface area contributed by atoms with Crippen molar-refractivity contribution >= 4 is 17.6 Å². The van der Waals surface area contributed by atoms with Crippen molar-refractivity contribution in [3.63, 3.8) is 0 Å². The lowest BCUT2D eigenvalue weighted by atomic mass is 10.0. The lowest BCUT2D eigenvalue weighted by Gasteiger charge is -2.16. The molecule has 2 aromatic carbocycles. The Morgan fingerprint density at radius 3 is 2.47 bits per heavy atom. The highest BCUT2D eigenvalue weighted by Crippen LogP contribution is 2.27. The maximum atomic E-state index is 13.3. The monoisotopic (exact) mass is 442 g/mol. The molecule has 0 spiro atoms. The summed E-state index contributed by atoms with van der Waals surface area (Å²) >= 11 is 0. The highest BCUT2D eigenvalue weighted by atomic mass is 19.3. The van der Waals surface area contributed by atoms with Crippen molar-refractivity contribution < 1.29 is 27.9 Å². The number of alkyl halides is 2. The van der Waals surface area contributed by atoms with Crippen LogP contribution in [-0.2, 0) is 16.0 Å². The van der Waals surface area contributed by atoms with Gasteiger partial charge in [0, 0.05) is 18.2 Å². The van der Waals surface area contributed by atoms with Crippen LogP contribution in [0.2, 0.25) is 0 Å². The molecule has 1 unspecified atom stereocenters. The molecule has 1 atom stereocenters. The zero-order chi connectivity index (χ0) is 23.3. The van der Waals surface area contributed by atoms with Gasteiger partial charge in [0.15, 0.2) is 0 Å². The average Bonchev–Trinajstić information content (AvgIpc) is 3.25. The molecule has 32 heavy (non-hydrogen) atoms. The summed E-state index contributed by atoms with van der Waals surface area (Å²) in [4.78, 5) is 36.8. The quantitative estimate of drug-likeness (QED) is 0.494. The molecule has 0 fully saturated rings. The third kappa shape index (κ3) is 5.15. The Labute approximate surface area is 182 Å². The van der Waals surface area contributed by atoms with Crippen molar-refractivity contribution in [2.45, 2.75) is 19.0 Å². The number of primary amides is 1. The molecular weight excluding hydrogens is 422 g/mol. The fourth-order valence-corrected chi connectivity index (χ4v) is 3.11. The molecule has 10 heteroatoms. The van der Waals surface area contributed by atoms with Crippen LogP contribution in [0.25, 0.3) is 11.3 Å². The number of amides is 2. The van der Waals surface area contributed by atoms with Gasteiger partial charge in [-0.1, -0.05) is 42.5 Å². The Kier molecular flexibility index (Phi) is 6.93. The number of Topliss-reactive ketones (excluding diaryl/α,β-unsaturated/α-hetero) is 1. The number of carbonyl (C=O) groups is 3. The average molecular weight is 442 g/mol. The second-order valence-corrected chi connectivity index (χ2v) is 6.83. The van der Waals surface area contributed by atoms with E-state index in [2.05, 4.69) is 10.4 Å². The third-order valence-corrected chi connectivity index (χ3v) is 4.67. The number of nitrogens with one attached hydrogen (secondary N) is 1. The molecule has 0 aliphatic carbocycles. The van der Waals surface area contributed by atoms with E-state index in [-0.39, 0.29) is 17.7 Å².